The Labute approximate surface area is 115 Å². The third-order valence-electron chi connectivity index (χ3n) is 3.11. The second-order valence-electron chi connectivity index (χ2n) is 4.88. The fraction of sp³-hybridized carbons (Fsp3) is 0.733. The maximum Gasteiger partial charge on any atom is 0.306 e. The lowest BCUT2D eigenvalue weighted by Crippen LogP contribution is -2.15. The summed E-state index contributed by atoms with van der Waals surface area (Å²) in [5.41, 5.74) is 0. The van der Waals surface area contributed by atoms with Gasteiger partial charge in [0.2, 0.25) is 0 Å². The molecule has 0 fully saturated rings. The van der Waals surface area contributed by atoms with Crippen molar-refractivity contribution in [3.63, 3.8) is 0 Å². The van der Waals surface area contributed by atoms with E-state index in [0.29, 0.717) is 19.1 Å². The Morgan fingerprint density at radius 1 is 1.21 bits per heavy atom. The van der Waals surface area contributed by atoms with E-state index in [-0.39, 0.29) is 24.8 Å². The van der Waals surface area contributed by atoms with Crippen molar-refractivity contribution in [1.29, 1.82) is 0 Å². The maximum atomic E-state index is 11.5. The second-order valence-corrected chi connectivity index (χ2v) is 4.88. The summed E-state index contributed by atoms with van der Waals surface area (Å²) in [6, 6.07) is 0. The molecule has 0 aromatic rings. The highest BCUT2D eigenvalue weighted by Gasteiger charge is 2.13. The molecule has 1 unspecified atom stereocenters. The largest absolute Gasteiger partial charge is 0.466 e. The summed E-state index contributed by atoms with van der Waals surface area (Å²) in [4.78, 5) is 22.8. The van der Waals surface area contributed by atoms with Crippen molar-refractivity contribution in [2.24, 2.45) is 5.92 Å². The second kappa shape index (κ2) is 9.59. The van der Waals surface area contributed by atoms with Gasteiger partial charge in [0.15, 0.2) is 0 Å². The Bertz CT molecular complexity index is 309. The van der Waals surface area contributed by atoms with Crippen LogP contribution in [-0.4, -0.2) is 25.2 Å². The number of hydrogen-bond acceptors (Lipinski definition) is 4. The summed E-state index contributed by atoms with van der Waals surface area (Å²) in [5.74, 6) is -0.288. The van der Waals surface area contributed by atoms with Gasteiger partial charge in [-0.15, -0.1) is 0 Å². The molecule has 0 saturated carbocycles. The minimum absolute atomic E-state index is 0.112. The van der Waals surface area contributed by atoms with Crippen LogP contribution in [-0.2, 0) is 19.1 Å². The van der Waals surface area contributed by atoms with Crippen molar-refractivity contribution in [1.82, 2.24) is 0 Å². The zero-order valence-electron chi connectivity index (χ0n) is 11.7. The molecule has 0 N–H and O–H groups in total. The van der Waals surface area contributed by atoms with Gasteiger partial charge in [-0.3, -0.25) is 9.59 Å². The molecule has 4 heteroatoms. The van der Waals surface area contributed by atoms with Crippen molar-refractivity contribution < 1.29 is 19.1 Å². The minimum Gasteiger partial charge on any atom is -0.466 e. The van der Waals surface area contributed by atoms with E-state index >= 15 is 0 Å². The molecule has 0 heterocycles. The maximum absolute atomic E-state index is 11.5. The third kappa shape index (κ3) is 7.65. The van der Waals surface area contributed by atoms with Crippen LogP contribution in [0, 0.1) is 5.92 Å². The number of ether oxygens (including phenoxy) is 2. The van der Waals surface area contributed by atoms with Gasteiger partial charge in [0.1, 0.15) is 0 Å². The number of allylic oxidation sites excluding steroid dienone is 1. The molecule has 0 radical (unpaired) electrons. The van der Waals surface area contributed by atoms with Gasteiger partial charge >= 0.3 is 11.9 Å². The molecule has 0 spiro atoms. The fourth-order valence-corrected chi connectivity index (χ4v) is 1.90. The molecule has 0 aliphatic heterocycles. The van der Waals surface area contributed by atoms with E-state index in [0.717, 1.165) is 32.1 Å². The van der Waals surface area contributed by atoms with E-state index in [4.69, 9.17) is 9.47 Å². The van der Waals surface area contributed by atoms with E-state index in [1.165, 1.54) is 0 Å². The Balaban J connectivity index is 2.05. The standard InChI is InChI=1S/C15H24O4/c1-2-3-11-18-14(16)9-10-15(17)19-12-13-7-5-4-6-8-13/h5,7,13H,2-4,6,8-12H2,1H3. The lowest BCUT2D eigenvalue weighted by atomic mass is 9.97. The highest BCUT2D eigenvalue weighted by atomic mass is 16.5. The number of esters is 2. The summed E-state index contributed by atoms with van der Waals surface area (Å²) in [6.45, 7) is 2.91. The van der Waals surface area contributed by atoms with Gasteiger partial charge in [-0.2, -0.15) is 0 Å². The first-order chi connectivity index (χ1) is 9.22. The molecule has 0 aromatic heterocycles. The van der Waals surface area contributed by atoms with Crippen molar-refractivity contribution >= 4 is 11.9 Å². The SMILES string of the molecule is CCCCOC(=O)CCC(=O)OCC1C=CCCC1. The molecular formula is C15H24O4. The van der Waals surface area contributed by atoms with Crippen LogP contribution in [0.4, 0.5) is 0 Å². The summed E-state index contributed by atoms with van der Waals surface area (Å²) in [6.07, 6.45) is 9.67. The van der Waals surface area contributed by atoms with Gasteiger partial charge in [0.05, 0.1) is 26.1 Å². The molecular weight excluding hydrogens is 244 g/mol. The summed E-state index contributed by atoms with van der Waals surface area (Å²) >= 11 is 0. The first-order valence-corrected chi connectivity index (χ1v) is 7.20. The summed E-state index contributed by atoms with van der Waals surface area (Å²) < 4.78 is 10.1. The smallest absolute Gasteiger partial charge is 0.306 e. The number of unbranched alkanes of at least 4 members (excludes halogenated alkanes) is 1. The fourth-order valence-electron chi connectivity index (χ4n) is 1.90. The summed E-state index contributed by atoms with van der Waals surface area (Å²) in [5, 5.41) is 0. The molecule has 19 heavy (non-hydrogen) atoms. The molecule has 108 valence electrons. The molecule has 1 aliphatic rings. The number of rotatable bonds is 8. The van der Waals surface area contributed by atoms with Crippen LogP contribution in [0.1, 0.15) is 51.9 Å². The van der Waals surface area contributed by atoms with Crippen LogP contribution in [0.2, 0.25) is 0 Å². The molecule has 4 nitrogen and oxygen atoms in total. The zero-order chi connectivity index (χ0) is 13.9. The van der Waals surface area contributed by atoms with Crippen LogP contribution in [0.25, 0.3) is 0 Å². The van der Waals surface area contributed by atoms with Crippen LogP contribution in [0.5, 0.6) is 0 Å². The van der Waals surface area contributed by atoms with E-state index < -0.39 is 0 Å². The molecule has 0 amide bonds. The van der Waals surface area contributed by atoms with Gasteiger partial charge in [-0.05, 0) is 25.7 Å². The Morgan fingerprint density at radius 3 is 2.58 bits per heavy atom. The van der Waals surface area contributed by atoms with E-state index in [1.54, 1.807) is 0 Å². The van der Waals surface area contributed by atoms with E-state index in [9.17, 15) is 9.59 Å². The van der Waals surface area contributed by atoms with Crippen molar-refractivity contribution in [2.45, 2.75) is 51.9 Å². The van der Waals surface area contributed by atoms with E-state index in [1.807, 2.05) is 6.92 Å². The van der Waals surface area contributed by atoms with E-state index in [2.05, 4.69) is 12.2 Å². The monoisotopic (exact) mass is 268 g/mol. The molecule has 0 saturated heterocycles. The van der Waals surface area contributed by atoms with Crippen LogP contribution in [0.15, 0.2) is 12.2 Å². The molecule has 1 aliphatic carbocycles. The molecule has 1 rings (SSSR count). The van der Waals surface area contributed by atoms with Crippen LogP contribution < -0.4 is 0 Å². The van der Waals surface area contributed by atoms with Gasteiger partial charge in [-0.25, -0.2) is 0 Å². The predicted octanol–water partition coefficient (Wildman–Crippen LogP) is 3.01. The normalized spacial score (nSPS) is 18.1. The van der Waals surface area contributed by atoms with Gasteiger partial charge in [0, 0.05) is 5.92 Å². The Kier molecular flexibility index (Phi) is 7.94. The topological polar surface area (TPSA) is 52.6 Å². The zero-order valence-corrected chi connectivity index (χ0v) is 11.7. The van der Waals surface area contributed by atoms with Gasteiger partial charge in [-0.1, -0.05) is 25.5 Å². The average Bonchev–Trinajstić information content (AvgIpc) is 2.44. The number of hydrogen-bond donors (Lipinski definition) is 0. The molecule has 0 bridgehead atoms. The Morgan fingerprint density at radius 2 is 1.95 bits per heavy atom. The van der Waals surface area contributed by atoms with Crippen molar-refractivity contribution in [2.75, 3.05) is 13.2 Å². The molecule has 0 aromatic carbocycles. The average molecular weight is 268 g/mol. The highest BCUT2D eigenvalue weighted by molar-refractivity contribution is 5.77. The third-order valence-corrected chi connectivity index (χ3v) is 3.11. The predicted molar refractivity (Wildman–Crippen MR) is 72.5 cm³/mol. The lowest BCUT2D eigenvalue weighted by Gasteiger charge is -2.15. The highest BCUT2D eigenvalue weighted by Crippen LogP contribution is 2.17. The van der Waals surface area contributed by atoms with Gasteiger partial charge < -0.3 is 9.47 Å². The quantitative estimate of drug-likeness (QED) is 0.386. The number of carbonyl (C=O) groups excluding carboxylic acids is 2. The Hall–Kier alpha value is -1.32. The number of carbonyl (C=O) groups is 2. The first kappa shape index (κ1) is 15.7. The van der Waals surface area contributed by atoms with Crippen LogP contribution >= 0.6 is 0 Å². The van der Waals surface area contributed by atoms with Crippen molar-refractivity contribution in [3.05, 3.63) is 12.2 Å². The first-order valence-electron chi connectivity index (χ1n) is 7.20. The van der Waals surface area contributed by atoms with Crippen molar-refractivity contribution in [3.8, 4) is 0 Å². The summed E-state index contributed by atoms with van der Waals surface area (Å²) in [7, 11) is 0. The lowest BCUT2D eigenvalue weighted by molar-refractivity contribution is -0.151. The van der Waals surface area contributed by atoms with Gasteiger partial charge in [0.25, 0.3) is 0 Å². The minimum atomic E-state index is -0.317. The molecule has 1 atom stereocenters. The van der Waals surface area contributed by atoms with Crippen LogP contribution in [0.3, 0.4) is 0 Å².